The number of unbranched alkanes of at least 4 members (excludes halogenated alkanes) is 1. The lowest BCUT2D eigenvalue weighted by molar-refractivity contribution is -0.132. The van der Waals surface area contributed by atoms with E-state index in [-0.39, 0.29) is 6.61 Å². The van der Waals surface area contributed by atoms with Gasteiger partial charge in [-0.15, -0.1) is 0 Å². The van der Waals surface area contributed by atoms with Gasteiger partial charge in [-0.05, 0) is 49.5 Å². The molecule has 0 amide bonds. The first-order valence-corrected chi connectivity index (χ1v) is 10.2. The summed E-state index contributed by atoms with van der Waals surface area (Å²) in [5, 5.41) is 8.70. The summed E-state index contributed by atoms with van der Waals surface area (Å²) < 4.78 is 11.3. The smallest absolute Gasteiger partial charge is 0.103 e. The van der Waals surface area contributed by atoms with Crippen LogP contribution in [0.15, 0.2) is 35.4 Å². The number of hydrogen-bond donors (Lipinski definition) is 1. The topological polar surface area (TPSA) is 29.5 Å². The summed E-state index contributed by atoms with van der Waals surface area (Å²) in [4.78, 5) is 3.45. The first-order valence-electron chi connectivity index (χ1n) is 8.49. The number of thioether (sulfide) groups is 1. The Hall–Kier alpha value is -0.890. The molecule has 0 aromatic carbocycles. The second kappa shape index (κ2) is 25.4. The number of rotatable bonds is 11. The number of hydrogen-bond acceptors (Lipinski definition) is 3. The zero-order chi connectivity index (χ0) is 19.9. The first-order chi connectivity index (χ1) is 12.0. The average Bonchev–Trinajstić information content (AvgIpc) is 2.62. The van der Waals surface area contributed by atoms with E-state index in [1.165, 1.54) is 31.8 Å². The predicted octanol–water partition coefficient (Wildman–Crippen LogP) is 7.19. The number of terminal acetylenes is 1. The Kier molecular flexibility index (Phi) is 29.3. The zero-order valence-electron chi connectivity index (χ0n) is 16.1. The van der Waals surface area contributed by atoms with Crippen molar-refractivity contribution in [3.8, 4) is 12.5 Å². The zero-order valence-corrected chi connectivity index (χ0v) is 17.6. The summed E-state index contributed by atoms with van der Waals surface area (Å²) in [5.41, 5.74) is 1.02. The van der Waals surface area contributed by atoms with Crippen molar-refractivity contribution in [2.24, 2.45) is 0 Å². The van der Waals surface area contributed by atoms with Crippen LogP contribution in [-0.4, -0.2) is 23.2 Å². The van der Waals surface area contributed by atoms with Crippen LogP contribution in [0.25, 0.3) is 0 Å². The Morgan fingerprint density at radius 1 is 1.44 bits per heavy atom. The van der Waals surface area contributed by atoms with Gasteiger partial charge in [0.05, 0.1) is 6.61 Å². The van der Waals surface area contributed by atoms with Gasteiger partial charge >= 0.3 is 0 Å². The van der Waals surface area contributed by atoms with E-state index in [1.807, 2.05) is 18.7 Å². The fourth-order valence-electron chi connectivity index (χ4n) is 1.73. The second-order valence-corrected chi connectivity index (χ2v) is 6.72. The minimum atomic E-state index is 0.118. The van der Waals surface area contributed by atoms with Crippen molar-refractivity contribution >= 4 is 23.4 Å². The van der Waals surface area contributed by atoms with E-state index in [1.54, 1.807) is 18.2 Å². The van der Waals surface area contributed by atoms with Crippen LogP contribution < -0.4 is 0 Å². The standard InChI is InChI=1S/C10H14ClFO.C8H18S.C2H2O/c1-3-4-7-10(11)9(2)6-5-8-13-12;1-4-6-7-8(5-2)9-3;1-2-3/h3-4,7H,1,5-6,8H2,2H3;8H,4-7H2,1-3H3;1,3H/b7-4-,10-9-;;. The third kappa shape index (κ3) is 25.5. The van der Waals surface area contributed by atoms with Gasteiger partial charge in [-0.2, -0.15) is 16.7 Å². The average molecular weight is 393 g/mol. The molecule has 0 saturated carbocycles. The Bertz CT molecular complexity index is 386. The monoisotopic (exact) mass is 392 g/mol. The van der Waals surface area contributed by atoms with Crippen LogP contribution in [0.3, 0.4) is 0 Å². The van der Waals surface area contributed by atoms with Crippen LogP contribution >= 0.6 is 23.4 Å². The number of aliphatic hydroxyl groups excluding tert-OH is 1. The van der Waals surface area contributed by atoms with Crippen molar-refractivity contribution in [3.63, 3.8) is 0 Å². The molecule has 0 spiro atoms. The normalized spacial score (nSPS) is 12.0. The molecule has 0 aliphatic heterocycles. The van der Waals surface area contributed by atoms with E-state index in [0.717, 1.165) is 17.2 Å². The Labute approximate surface area is 163 Å². The van der Waals surface area contributed by atoms with E-state index in [9.17, 15) is 4.53 Å². The number of aliphatic hydroxyl groups is 1. The van der Waals surface area contributed by atoms with Crippen molar-refractivity contribution in [2.45, 2.75) is 64.5 Å². The molecule has 0 heterocycles. The maximum Gasteiger partial charge on any atom is 0.103 e. The molecule has 0 aliphatic carbocycles. The molecule has 2 nitrogen and oxygen atoms in total. The minimum absolute atomic E-state index is 0.118. The molecule has 25 heavy (non-hydrogen) atoms. The second-order valence-electron chi connectivity index (χ2n) is 5.18. The lowest BCUT2D eigenvalue weighted by atomic mass is 10.1. The van der Waals surface area contributed by atoms with Gasteiger partial charge in [0.2, 0.25) is 0 Å². The lowest BCUT2D eigenvalue weighted by Crippen LogP contribution is -1.98. The Balaban J connectivity index is -0.000000350. The molecule has 0 rings (SSSR count). The van der Waals surface area contributed by atoms with E-state index >= 15 is 0 Å². The summed E-state index contributed by atoms with van der Waals surface area (Å²) in [6, 6.07) is 0. The van der Waals surface area contributed by atoms with Gasteiger partial charge in [0.1, 0.15) is 6.11 Å². The third-order valence-electron chi connectivity index (χ3n) is 3.23. The molecular weight excluding hydrogens is 359 g/mol. The summed E-state index contributed by atoms with van der Waals surface area (Å²) in [5.74, 6) is 0. The molecule has 5 heteroatoms. The Morgan fingerprint density at radius 3 is 2.44 bits per heavy atom. The summed E-state index contributed by atoms with van der Waals surface area (Å²) in [6.45, 7) is 10.1. The van der Waals surface area contributed by atoms with Crippen molar-refractivity contribution in [2.75, 3.05) is 12.9 Å². The lowest BCUT2D eigenvalue weighted by Gasteiger charge is -2.09. The molecule has 0 aromatic heterocycles. The van der Waals surface area contributed by atoms with Crippen molar-refractivity contribution in [3.05, 3.63) is 35.4 Å². The van der Waals surface area contributed by atoms with Crippen LogP contribution in [-0.2, 0) is 4.94 Å². The first kappa shape index (κ1) is 28.9. The van der Waals surface area contributed by atoms with Gasteiger partial charge in [0, 0.05) is 10.3 Å². The largest absolute Gasteiger partial charge is 0.462 e. The van der Waals surface area contributed by atoms with Crippen LogP contribution in [0.2, 0.25) is 0 Å². The van der Waals surface area contributed by atoms with Crippen molar-refractivity contribution in [1.82, 2.24) is 0 Å². The molecule has 0 aromatic rings. The fraction of sp³-hybridized carbons (Fsp3) is 0.600. The molecule has 1 atom stereocenters. The van der Waals surface area contributed by atoms with E-state index in [0.29, 0.717) is 11.5 Å². The van der Waals surface area contributed by atoms with Crippen LogP contribution in [0.5, 0.6) is 0 Å². The summed E-state index contributed by atoms with van der Waals surface area (Å²) in [7, 11) is 0. The maximum absolute atomic E-state index is 11.3. The minimum Gasteiger partial charge on any atom is -0.462 e. The molecule has 0 aliphatic rings. The van der Waals surface area contributed by atoms with Crippen LogP contribution in [0.1, 0.15) is 59.3 Å². The summed E-state index contributed by atoms with van der Waals surface area (Å²) in [6.07, 6.45) is 19.7. The van der Waals surface area contributed by atoms with Gasteiger partial charge in [0.15, 0.2) is 0 Å². The van der Waals surface area contributed by atoms with Gasteiger partial charge < -0.3 is 5.11 Å². The van der Waals surface area contributed by atoms with Gasteiger partial charge in [-0.3, -0.25) is 0 Å². The molecule has 1 unspecified atom stereocenters. The van der Waals surface area contributed by atoms with E-state index < -0.39 is 0 Å². The van der Waals surface area contributed by atoms with Gasteiger partial charge in [-0.25, -0.2) is 0 Å². The molecule has 1 N–H and O–H groups in total. The van der Waals surface area contributed by atoms with Gasteiger partial charge in [0.25, 0.3) is 0 Å². The van der Waals surface area contributed by atoms with Crippen LogP contribution in [0, 0.1) is 12.5 Å². The molecule has 0 saturated heterocycles. The predicted molar refractivity (Wildman–Crippen MR) is 112 cm³/mol. The van der Waals surface area contributed by atoms with E-state index in [2.05, 4.69) is 38.0 Å². The quantitative estimate of drug-likeness (QED) is 0.229. The van der Waals surface area contributed by atoms with Gasteiger partial charge in [-0.1, -0.05) is 69.0 Å². The van der Waals surface area contributed by atoms with E-state index in [4.69, 9.17) is 16.7 Å². The molecule has 146 valence electrons. The molecule has 0 radical (unpaired) electrons. The highest BCUT2D eigenvalue weighted by Gasteiger charge is 2.00. The SMILES string of the molecule is C#CO.C=C/C=C\C(Cl)=C(/C)CCCOF.CCCCC(CC)SC. The maximum atomic E-state index is 11.3. The highest BCUT2D eigenvalue weighted by atomic mass is 35.5. The number of allylic oxidation sites excluding steroid dienone is 5. The number of halogens is 2. The van der Waals surface area contributed by atoms with Crippen LogP contribution in [0.4, 0.5) is 4.53 Å². The fourth-order valence-corrected chi connectivity index (χ4v) is 2.63. The molecule has 0 fully saturated rings. The Morgan fingerprint density at radius 2 is 2.04 bits per heavy atom. The highest BCUT2D eigenvalue weighted by molar-refractivity contribution is 7.99. The highest BCUT2D eigenvalue weighted by Crippen LogP contribution is 2.17. The molecule has 0 bridgehead atoms. The van der Waals surface area contributed by atoms with Crippen molar-refractivity contribution < 1.29 is 14.6 Å². The van der Waals surface area contributed by atoms with Crippen molar-refractivity contribution in [1.29, 1.82) is 0 Å². The summed E-state index contributed by atoms with van der Waals surface area (Å²) >= 11 is 7.91. The third-order valence-corrected chi connectivity index (χ3v) is 4.91. The molecular formula is C20H34ClFO2S.